The fraction of sp³-hybridized carbons (Fsp3) is 0.833. The van der Waals surface area contributed by atoms with Crippen LogP contribution in [-0.4, -0.2) is 27.6 Å². The van der Waals surface area contributed by atoms with Gasteiger partial charge in [-0.15, -0.1) is 0 Å². The Kier molecular flexibility index (Phi) is 5.06. The number of carbonyl (C=O) groups excluding carboxylic acids is 1. The third-order valence-corrected chi connectivity index (χ3v) is 2.47. The van der Waals surface area contributed by atoms with Gasteiger partial charge in [-0.3, -0.25) is 8.98 Å². The summed E-state index contributed by atoms with van der Waals surface area (Å²) in [4.78, 5) is 9.69. The summed E-state index contributed by atoms with van der Waals surface area (Å²) in [6.07, 6.45) is 2.97. The molecule has 0 amide bonds. The van der Waals surface area contributed by atoms with Gasteiger partial charge in [-0.1, -0.05) is 0 Å². The quantitative estimate of drug-likeness (QED) is 0.433. The molecule has 0 saturated heterocycles. The second-order valence-corrected chi connectivity index (χ2v) is 3.89. The Morgan fingerprint density at radius 1 is 1.36 bits per heavy atom. The molecule has 0 aromatic carbocycles. The van der Waals surface area contributed by atoms with Crippen LogP contribution in [0.15, 0.2) is 0 Å². The summed E-state index contributed by atoms with van der Waals surface area (Å²) < 4.78 is 25.5. The van der Waals surface area contributed by atoms with Crippen LogP contribution in [0.25, 0.3) is 0 Å². The van der Waals surface area contributed by atoms with Gasteiger partial charge in [0.05, 0.1) is 12.9 Å². The van der Waals surface area contributed by atoms with Gasteiger partial charge in [0.25, 0.3) is 10.1 Å². The smallest absolute Gasteiger partial charge is 0.267 e. The molecular weight excluding hydrogens is 168 g/mol. The van der Waals surface area contributed by atoms with Crippen LogP contribution in [-0.2, 0) is 19.1 Å². The van der Waals surface area contributed by atoms with Crippen molar-refractivity contribution in [2.45, 2.75) is 19.3 Å². The number of rotatable bonds is 6. The van der Waals surface area contributed by atoms with E-state index in [9.17, 15) is 13.2 Å². The van der Waals surface area contributed by atoms with Crippen molar-refractivity contribution in [3.05, 3.63) is 0 Å². The minimum atomic E-state index is -3.33. The standard InChI is InChI=1S/C6H11O4S/c1-10-11(8,9)6-4-2-3-5-7/h2-4,6H2,1H3. The van der Waals surface area contributed by atoms with E-state index in [1.807, 2.05) is 0 Å². The molecule has 1 radical (unpaired) electrons. The van der Waals surface area contributed by atoms with Crippen LogP contribution in [0, 0.1) is 0 Å². The maximum Gasteiger partial charge on any atom is 0.267 e. The molecule has 4 nitrogen and oxygen atoms in total. The van der Waals surface area contributed by atoms with Gasteiger partial charge in [-0.2, -0.15) is 8.42 Å². The van der Waals surface area contributed by atoms with Crippen LogP contribution >= 0.6 is 0 Å². The van der Waals surface area contributed by atoms with Crippen molar-refractivity contribution in [2.75, 3.05) is 12.9 Å². The molecule has 0 saturated carbocycles. The van der Waals surface area contributed by atoms with Gasteiger partial charge in [-0.05, 0) is 12.8 Å². The molecule has 0 aromatic rings. The maximum absolute atomic E-state index is 10.6. The van der Waals surface area contributed by atoms with Gasteiger partial charge in [0, 0.05) is 6.42 Å². The zero-order valence-electron chi connectivity index (χ0n) is 6.37. The average Bonchev–Trinajstić information content (AvgIpc) is 1.99. The monoisotopic (exact) mass is 179 g/mol. The third kappa shape index (κ3) is 6.00. The van der Waals surface area contributed by atoms with Crippen molar-refractivity contribution in [1.82, 2.24) is 0 Å². The SMILES string of the molecule is COS(=O)(=O)CCCC[C]=O. The van der Waals surface area contributed by atoms with Crippen LogP contribution < -0.4 is 0 Å². The normalized spacial score (nSPS) is 11.4. The molecule has 0 spiro atoms. The van der Waals surface area contributed by atoms with Crippen molar-refractivity contribution in [2.24, 2.45) is 0 Å². The summed E-state index contributed by atoms with van der Waals surface area (Å²) in [5.41, 5.74) is 0. The summed E-state index contributed by atoms with van der Waals surface area (Å²) in [6, 6.07) is 0. The first-order valence-corrected chi connectivity index (χ1v) is 4.83. The molecule has 0 aliphatic carbocycles. The summed E-state index contributed by atoms with van der Waals surface area (Å²) in [5, 5.41) is 0. The number of unbranched alkanes of at least 4 members (excludes halogenated alkanes) is 2. The lowest BCUT2D eigenvalue weighted by molar-refractivity contribution is 0.396. The topological polar surface area (TPSA) is 60.4 Å². The highest BCUT2D eigenvalue weighted by Gasteiger charge is 2.06. The van der Waals surface area contributed by atoms with Crippen LogP contribution in [0.2, 0.25) is 0 Å². The average molecular weight is 179 g/mol. The Hall–Kier alpha value is -0.420. The maximum atomic E-state index is 10.6. The van der Waals surface area contributed by atoms with E-state index in [4.69, 9.17) is 0 Å². The first-order valence-electron chi connectivity index (χ1n) is 3.25. The highest BCUT2D eigenvalue weighted by atomic mass is 32.2. The van der Waals surface area contributed by atoms with Gasteiger partial charge in [0.2, 0.25) is 0 Å². The second kappa shape index (κ2) is 5.26. The fourth-order valence-corrected chi connectivity index (χ4v) is 1.28. The largest absolute Gasteiger partial charge is 0.291 e. The molecule has 0 unspecified atom stereocenters. The van der Waals surface area contributed by atoms with Gasteiger partial charge in [0.15, 0.2) is 6.29 Å². The molecule has 5 heteroatoms. The first-order chi connectivity index (χ1) is 5.12. The summed E-state index contributed by atoms with van der Waals surface area (Å²) in [7, 11) is -2.20. The lowest BCUT2D eigenvalue weighted by atomic mass is 10.3. The molecule has 0 rings (SSSR count). The van der Waals surface area contributed by atoms with Gasteiger partial charge in [-0.25, -0.2) is 0 Å². The second-order valence-electron chi connectivity index (χ2n) is 2.03. The molecule has 0 aliphatic heterocycles. The number of hydrogen-bond acceptors (Lipinski definition) is 4. The number of hydrogen-bond donors (Lipinski definition) is 0. The highest BCUT2D eigenvalue weighted by Crippen LogP contribution is 1.98. The minimum absolute atomic E-state index is 0.0226. The zero-order chi connectivity index (χ0) is 8.74. The van der Waals surface area contributed by atoms with Crippen molar-refractivity contribution < 1.29 is 17.4 Å². The molecule has 65 valence electrons. The highest BCUT2D eigenvalue weighted by molar-refractivity contribution is 7.86. The van der Waals surface area contributed by atoms with Crippen LogP contribution in [0.4, 0.5) is 0 Å². The third-order valence-electron chi connectivity index (χ3n) is 1.18. The van der Waals surface area contributed by atoms with E-state index in [-0.39, 0.29) is 5.75 Å². The minimum Gasteiger partial charge on any atom is -0.291 e. The molecule has 0 N–H and O–H groups in total. The van der Waals surface area contributed by atoms with E-state index in [0.29, 0.717) is 19.3 Å². The molecule has 0 aromatic heterocycles. The summed E-state index contributed by atoms with van der Waals surface area (Å²) in [6.45, 7) is 0. The zero-order valence-corrected chi connectivity index (χ0v) is 7.19. The molecule has 0 aliphatic rings. The lowest BCUT2D eigenvalue weighted by Gasteiger charge is -1.97. The molecular formula is C6H11O4S. The van der Waals surface area contributed by atoms with Gasteiger partial charge >= 0.3 is 0 Å². The summed E-state index contributed by atoms with van der Waals surface area (Å²) >= 11 is 0. The lowest BCUT2D eigenvalue weighted by Crippen LogP contribution is -2.07. The van der Waals surface area contributed by atoms with Gasteiger partial charge in [0.1, 0.15) is 0 Å². The van der Waals surface area contributed by atoms with E-state index in [2.05, 4.69) is 4.18 Å². The van der Waals surface area contributed by atoms with Crippen LogP contribution in [0.1, 0.15) is 19.3 Å². The van der Waals surface area contributed by atoms with E-state index in [1.54, 1.807) is 6.29 Å². The predicted octanol–water partition coefficient (Wildman–Crippen LogP) is 0.243. The van der Waals surface area contributed by atoms with Crippen molar-refractivity contribution in [1.29, 1.82) is 0 Å². The first kappa shape index (κ1) is 10.6. The van der Waals surface area contributed by atoms with E-state index < -0.39 is 10.1 Å². The van der Waals surface area contributed by atoms with Crippen LogP contribution in [0.5, 0.6) is 0 Å². The Labute approximate surface area is 66.7 Å². The van der Waals surface area contributed by atoms with E-state index >= 15 is 0 Å². The Morgan fingerprint density at radius 2 is 2.00 bits per heavy atom. The molecule has 11 heavy (non-hydrogen) atoms. The molecule has 0 fully saturated rings. The van der Waals surface area contributed by atoms with E-state index in [1.165, 1.54) is 0 Å². The predicted molar refractivity (Wildman–Crippen MR) is 40.3 cm³/mol. The molecule has 0 atom stereocenters. The Morgan fingerprint density at radius 3 is 2.45 bits per heavy atom. The Balaban J connectivity index is 3.46. The van der Waals surface area contributed by atoms with Crippen molar-refractivity contribution in [3.63, 3.8) is 0 Å². The van der Waals surface area contributed by atoms with Crippen molar-refractivity contribution >= 4 is 16.4 Å². The van der Waals surface area contributed by atoms with Gasteiger partial charge < -0.3 is 0 Å². The summed E-state index contributed by atoms with van der Waals surface area (Å²) in [5.74, 6) is -0.0226. The molecule has 0 bridgehead atoms. The fourth-order valence-electron chi connectivity index (χ4n) is 0.559. The Bertz CT molecular complexity index is 195. The van der Waals surface area contributed by atoms with Crippen LogP contribution in [0.3, 0.4) is 0 Å². The van der Waals surface area contributed by atoms with Crippen molar-refractivity contribution in [3.8, 4) is 0 Å². The van der Waals surface area contributed by atoms with E-state index in [0.717, 1.165) is 7.11 Å². The molecule has 0 heterocycles.